The van der Waals surface area contributed by atoms with Crippen LogP contribution in [0.25, 0.3) is 0 Å². The summed E-state index contributed by atoms with van der Waals surface area (Å²) in [6, 6.07) is 0.400. The highest BCUT2D eigenvalue weighted by molar-refractivity contribution is 5.82. The second-order valence-electron chi connectivity index (χ2n) is 4.41. The van der Waals surface area contributed by atoms with Gasteiger partial charge in [-0.15, -0.1) is 0 Å². The number of carbonyl (C=O) groups excluding carboxylic acids is 1. The van der Waals surface area contributed by atoms with Gasteiger partial charge in [-0.2, -0.15) is 9.37 Å². The third-order valence-electron chi connectivity index (χ3n) is 2.43. The average molecular weight is 261 g/mol. The second-order valence-corrected chi connectivity index (χ2v) is 4.41. The molecule has 100 valence electrons. The fraction of sp³-hybridized carbons (Fsp3) is 0.455. The molecule has 4 nitrogen and oxygen atoms in total. The molecule has 7 heteroatoms. The molecule has 0 radical (unpaired) electrons. The Hall–Kier alpha value is -1.79. The van der Waals surface area contributed by atoms with Crippen molar-refractivity contribution in [1.29, 1.82) is 0 Å². The number of halogens is 3. The van der Waals surface area contributed by atoms with E-state index in [9.17, 15) is 18.0 Å². The van der Waals surface area contributed by atoms with Crippen molar-refractivity contribution in [1.82, 2.24) is 10.3 Å². The molecule has 0 saturated heterocycles. The fourth-order valence-electron chi connectivity index (χ4n) is 1.29. The number of nitrogens with one attached hydrogen (secondary N) is 2. The lowest BCUT2D eigenvalue weighted by Crippen LogP contribution is -2.39. The molecular weight excluding hydrogens is 247 g/mol. The molecule has 1 aromatic rings. The summed E-state index contributed by atoms with van der Waals surface area (Å²) in [7, 11) is 1.47. The maximum absolute atomic E-state index is 13.3. The van der Waals surface area contributed by atoms with E-state index in [-0.39, 0.29) is 12.5 Å². The number of amides is 1. The molecule has 1 aromatic heterocycles. The normalized spacial score (nSPS) is 11.2. The van der Waals surface area contributed by atoms with E-state index in [1.54, 1.807) is 13.8 Å². The standard InChI is InChI=1S/C11H14F3N3O/c1-11(2,10(18)15-3)5-16-9-7(13)4-6(12)8(14)17-9/h4H,5H2,1-3H3,(H,15,18)(H,16,17). The van der Waals surface area contributed by atoms with Crippen molar-refractivity contribution < 1.29 is 18.0 Å². The molecule has 1 amide bonds. The first kappa shape index (κ1) is 14.3. The Bertz CT molecular complexity index is 463. The molecule has 2 N–H and O–H groups in total. The minimum atomic E-state index is -1.39. The Kier molecular flexibility index (Phi) is 4.15. The molecule has 0 bridgehead atoms. The smallest absolute Gasteiger partial charge is 0.251 e. The summed E-state index contributed by atoms with van der Waals surface area (Å²) in [4.78, 5) is 14.6. The van der Waals surface area contributed by atoms with Crippen LogP contribution in [0.5, 0.6) is 0 Å². The van der Waals surface area contributed by atoms with Crippen LogP contribution in [0.1, 0.15) is 13.8 Å². The third kappa shape index (κ3) is 3.12. The van der Waals surface area contributed by atoms with Crippen LogP contribution >= 0.6 is 0 Å². The van der Waals surface area contributed by atoms with Gasteiger partial charge in [0.05, 0.1) is 5.41 Å². The van der Waals surface area contributed by atoms with Crippen molar-refractivity contribution in [3.8, 4) is 0 Å². The molecule has 0 saturated carbocycles. The van der Waals surface area contributed by atoms with E-state index in [1.165, 1.54) is 7.05 Å². The Morgan fingerprint density at radius 3 is 2.50 bits per heavy atom. The number of rotatable bonds is 4. The Morgan fingerprint density at radius 1 is 1.33 bits per heavy atom. The molecule has 1 rings (SSSR count). The summed E-state index contributed by atoms with van der Waals surface area (Å²) in [5.41, 5.74) is -0.840. The van der Waals surface area contributed by atoms with Gasteiger partial charge < -0.3 is 10.6 Å². The molecule has 18 heavy (non-hydrogen) atoms. The monoisotopic (exact) mass is 261 g/mol. The lowest BCUT2D eigenvalue weighted by molar-refractivity contribution is -0.128. The van der Waals surface area contributed by atoms with Gasteiger partial charge in [0.15, 0.2) is 17.5 Å². The van der Waals surface area contributed by atoms with Crippen molar-refractivity contribution in [2.24, 2.45) is 5.41 Å². The van der Waals surface area contributed by atoms with Gasteiger partial charge in [-0.25, -0.2) is 8.78 Å². The summed E-state index contributed by atoms with van der Waals surface area (Å²) in [5, 5.41) is 4.93. The zero-order valence-corrected chi connectivity index (χ0v) is 10.3. The quantitative estimate of drug-likeness (QED) is 0.811. The van der Waals surface area contributed by atoms with Crippen LogP contribution < -0.4 is 10.6 Å². The summed E-state index contributed by atoms with van der Waals surface area (Å²) < 4.78 is 38.7. The van der Waals surface area contributed by atoms with Gasteiger partial charge in [0, 0.05) is 19.7 Å². The molecule has 0 fully saturated rings. The van der Waals surface area contributed by atoms with E-state index >= 15 is 0 Å². The predicted molar refractivity (Wildman–Crippen MR) is 60.4 cm³/mol. The molecule has 0 aliphatic rings. The molecule has 1 heterocycles. The predicted octanol–water partition coefficient (Wildman–Crippen LogP) is 1.68. The SMILES string of the molecule is CNC(=O)C(C)(C)CNc1nc(F)c(F)cc1F. The number of nitrogens with zero attached hydrogens (tertiary/aromatic N) is 1. The summed E-state index contributed by atoms with van der Waals surface area (Å²) >= 11 is 0. The van der Waals surface area contributed by atoms with E-state index in [2.05, 4.69) is 15.6 Å². The van der Waals surface area contributed by atoms with Crippen LogP contribution in [0.15, 0.2) is 6.07 Å². The minimum absolute atomic E-state index is 0.0294. The molecule has 0 aliphatic carbocycles. The van der Waals surface area contributed by atoms with Gasteiger partial charge in [0.1, 0.15) is 0 Å². The van der Waals surface area contributed by atoms with Crippen molar-refractivity contribution in [2.75, 3.05) is 18.9 Å². The summed E-state index contributed by atoms with van der Waals surface area (Å²) in [6.07, 6.45) is 0. The summed E-state index contributed by atoms with van der Waals surface area (Å²) in [6.45, 7) is 3.27. The first-order valence-corrected chi connectivity index (χ1v) is 5.25. The van der Waals surface area contributed by atoms with Crippen molar-refractivity contribution in [2.45, 2.75) is 13.8 Å². The molecule has 0 spiro atoms. The Balaban J connectivity index is 2.81. The van der Waals surface area contributed by atoms with E-state index in [0.717, 1.165) is 0 Å². The van der Waals surface area contributed by atoms with E-state index in [4.69, 9.17) is 0 Å². The van der Waals surface area contributed by atoms with Gasteiger partial charge in [0.25, 0.3) is 5.95 Å². The van der Waals surface area contributed by atoms with Crippen LogP contribution in [0, 0.1) is 23.0 Å². The summed E-state index contributed by atoms with van der Waals surface area (Å²) in [5.74, 6) is -4.45. The third-order valence-corrected chi connectivity index (χ3v) is 2.43. The number of carbonyl (C=O) groups is 1. The zero-order valence-electron chi connectivity index (χ0n) is 10.3. The highest BCUT2D eigenvalue weighted by Crippen LogP contribution is 2.19. The van der Waals surface area contributed by atoms with Crippen molar-refractivity contribution in [3.63, 3.8) is 0 Å². The molecule has 0 aromatic carbocycles. The van der Waals surface area contributed by atoms with Crippen LogP contribution in [-0.4, -0.2) is 24.5 Å². The number of hydrogen-bond donors (Lipinski definition) is 2. The number of hydrogen-bond acceptors (Lipinski definition) is 3. The largest absolute Gasteiger partial charge is 0.366 e. The van der Waals surface area contributed by atoms with E-state index < -0.39 is 28.8 Å². The maximum Gasteiger partial charge on any atom is 0.251 e. The number of pyridine rings is 1. The Labute approximate surface area is 103 Å². The van der Waals surface area contributed by atoms with E-state index in [1.807, 2.05) is 0 Å². The first-order valence-electron chi connectivity index (χ1n) is 5.25. The zero-order chi connectivity index (χ0) is 13.9. The van der Waals surface area contributed by atoms with Crippen LogP contribution in [-0.2, 0) is 4.79 Å². The fourth-order valence-corrected chi connectivity index (χ4v) is 1.29. The molecule has 0 aliphatic heterocycles. The molecule has 0 atom stereocenters. The highest BCUT2D eigenvalue weighted by atomic mass is 19.2. The highest BCUT2D eigenvalue weighted by Gasteiger charge is 2.27. The van der Waals surface area contributed by atoms with Crippen molar-refractivity contribution >= 4 is 11.7 Å². The van der Waals surface area contributed by atoms with Gasteiger partial charge in [-0.1, -0.05) is 0 Å². The molecular formula is C11H14F3N3O. The van der Waals surface area contributed by atoms with Crippen LogP contribution in [0.4, 0.5) is 19.0 Å². The lowest BCUT2D eigenvalue weighted by Gasteiger charge is -2.23. The van der Waals surface area contributed by atoms with Gasteiger partial charge >= 0.3 is 0 Å². The van der Waals surface area contributed by atoms with E-state index in [0.29, 0.717) is 6.07 Å². The van der Waals surface area contributed by atoms with Crippen LogP contribution in [0.3, 0.4) is 0 Å². The Morgan fingerprint density at radius 2 is 1.94 bits per heavy atom. The van der Waals surface area contributed by atoms with Gasteiger partial charge in [-0.3, -0.25) is 4.79 Å². The first-order chi connectivity index (χ1) is 8.27. The topological polar surface area (TPSA) is 54.0 Å². The minimum Gasteiger partial charge on any atom is -0.366 e. The maximum atomic E-state index is 13.3. The number of anilines is 1. The average Bonchev–Trinajstić information content (AvgIpc) is 2.31. The number of aromatic nitrogens is 1. The van der Waals surface area contributed by atoms with Gasteiger partial charge in [-0.05, 0) is 13.8 Å². The lowest BCUT2D eigenvalue weighted by atomic mass is 9.92. The van der Waals surface area contributed by atoms with Gasteiger partial charge in [0.2, 0.25) is 5.91 Å². The molecule has 0 unspecified atom stereocenters. The van der Waals surface area contributed by atoms with Crippen LogP contribution in [0.2, 0.25) is 0 Å². The second kappa shape index (κ2) is 5.24. The van der Waals surface area contributed by atoms with Crippen molar-refractivity contribution in [3.05, 3.63) is 23.6 Å².